The molecule has 0 aliphatic heterocycles. The van der Waals surface area contributed by atoms with Gasteiger partial charge in [-0.05, 0) is 12.3 Å². The number of carbonyl (C=O) groups excluding carboxylic acids is 1. The standard InChI is InChI=1S/C10H18O/c1-5-6-7-10(11)9(4)8(2)3/h5,8-9H,1,6-7H2,2-4H3. The highest BCUT2D eigenvalue weighted by molar-refractivity contribution is 5.80. The summed E-state index contributed by atoms with van der Waals surface area (Å²) in [6.45, 7) is 9.74. The van der Waals surface area contributed by atoms with Crippen LogP contribution < -0.4 is 0 Å². The van der Waals surface area contributed by atoms with Crippen LogP contribution >= 0.6 is 0 Å². The Balaban J connectivity index is 3.73. The molecule has 0 rings (SSSR count). The van der Waals surface area contributed by atoms with E-state index in [0.29, 0.717) is 18.1 Å². The minimum Gasteiger partial charge on any atom is -0.299 e. The van der Waals surface area contributed by atoms with Crippen LogP contribution in [0.15, 0.2) is 12.7 Å². The first kappa shape index (κ1) is 10.4. The van der Waals surface area contributed by atoms with E-state index in [9.17, 15) is 4.79 Å². The number of carbonyl (C=O) groups is 1. The van der Waals surface area contributed by atoms with E-state index in [1.807, 2.05) is 6.92 Å². The van der Waals surface area contributed by atoms with Gasteiger partial charge in [0.25, 0.3) is 0 Å². The third-order valence-corrected chi connectivity index (χ3v) is 2.10. The van der Waals surface area contributed by atoms with Gasteiger partial charge in [-0.3, -0.25) is 4.79 Å². The Kier molecular flexibility index (Phi) is 4.84. The minimum atomic E-state index is 0.204. The molecule has 0 fully saturated rings. The van der Waals surface area contributed by atoms with Crippen LogP contribution in [0.5, 0.6) is 0 Å². The van der Waals surface area contributed by atoms with E-state index in [0.717, 1.165) is 6.42 Å². The fraction of sp³-hybridized carbons (Fsp3) is 0.700. The summed E-state index contributed by atoms with van der Waals surface area (Å²) in [6, 6.07) is 0. The Morgan fingerprint density at radius 1 is 1.45 bits per heavy atom. The summed E-state index contributed by atoms with van der Waals surface area (Å²) < 4.78 is 0. The van der Waals surface area contributed by atoms with Crippen LogP contribution in [0.1, 0.15) is 33.6 Å². The molecule has 0 aromatic heterocycles. The summed E-state index contributed by atoms with van der Waals surface area (Å²) >= 11 is 0. The maximum atomic E-state index is 11.3. The van der Waals surface area contributed by atoms with E-state index >= 15 is 0 Å². The van der Waals surface area contributed by atoms with Crippen molar-refractivity contribution in [3.8, 4) is 0 Å². The Hall–Kier alpha value is -0.590. The predicted molar refractivity (Wildman–Crippen MR) is 48.4 cm³/mol. The zero-order chi connectivity index (χ0) is 8.85. The molecule has 0 aromatic rings. The van der Waals surface area contributed by atoms with Crippen molar-refractivity contribution < 1.29 is 4.79 Å². The molecule has 0 heterocycles. The van der Waals surface area contributed by atoms with Gasteiger partial charge in [0.15, 0.2) is 0 Å². The Bertz CT molecular complexity index is 136. The lowest BCUT2D eigenvalue weighted by atomic mass is 9.91. The van der Waals surface area contributed by atoms with Gasteiger partial charge in [0.1, 0.15) is 5.78 Å². The zero-order valence-electron chi connectivity index (χ0n) is 7.76. The van der Waals surface area contributed by atoms with Crippen molar-refractivity contribution in [2.24, 2.45) is 11.8 Å². The number of rotatable bonds is 5. The van der Waals surface area contributed by atoms with E-state index in [1.165, 1.54) is 0 Å². The number of allylic oxidation sites excluding steroid dienone is 1. The molecule has 1 atom stereocenters. The summed E-state index contributed by atoms with van der Waals surface area (Å²) in [5.74, 6) is 1.03. The predicted octanol–water partition coefficient (Wildman–Crippen LogP) is 2.81. The Morgan fingerprint density at radius 3 is 2.36 bits per heavy atom. The van der Waals surface area contributed by atoms with Crippen molar-refractivity contribution in [1.29, 1.82) is 0 Å². The minimum absolute atomic E-state index is 0.204. The smallest absolute Gasteiger partial charge is 0.136 e. The van der Waals surface area contributed by atoms with Crippen molar-refractivity contribution in [3.63, 3.8) is 0 Å². The molecule has 64 valence electrons. The van der Waals surface area contributed by atoms with Gasteiger partial charge >= 0.3 is 0 Å². The van der Waals surface area contributed by atoms with E-state index in [1.54, 1.807) is 6.08 Å². The lowest BCUT2D eigenvalue weighted by Gasteiger charge is -2.12. The molecule has 0 aromatic carbocycles. The van der Waals surface area contributed by atoms with Gasteiger partial charge in [-0.2, -0.15) is 0 Å². The van der Waals surface area contributed by atoms with E-state index in [-0.39, 0.29) is 5.92 Å². The van der Waals surface area contributed by atoms with Crippen LogP contribution in [0.4, 0.5) is 0 Å². The molecule has 0 saturated heterocycles. The molecule has 0 amide bonds. The Labute approximate surface area is 69.5 Å². The molecular formula is C10H18O. The third-order valence-electron chi connectivity index (χ3n) is 2.10. The summed E-state index contributed by atoms with van der Waals surface area (Å²) in [6.07, 6.45) is 3.27. The molecule has 1 unspecified atom stereocenters. The van der Waals surface area contributed by atoms with Gasteiger partial charge in [-0.25, -0.2) is 0 Å². The first-order valence-electron chi connectivity index (χ1n) is 4.23. The van der Waals surface area contributed by atoms with Crippen LogP contribution in [0.2, 0.25) is 0 Å². The van der Waals surface area contributed by atoms with Crippen LogP contribution in [-0.4, -0.2) is 5.78 Å². The van der Waals surface area contributed by atoms with Crippen LogP contribution in [0.25, 0.3) is 0 Å². The van der Waals surface area contributed by atoms with Crippen LogP contribution in [-0.2, 0) is 4.79 Å². The number of ketones is 1. The van der Waals surface area contributed by atoms with Crippen molar-refractivity contribution in [2.75, 3.05) is 0 Å². The second kappa shape index (κ2) is 5.11. The highest BCUT2D eigenvalue weighted by atomic mass is 16.1. The zero-order valence-corrected chi connectivity index (χ0v) is 7.76. The molecular weight excluding hydrogens is 136 g/mol. The quantitative estimate of drug-likeness (QED) is 0.556. The molecule has 0 radical (unpaired) electrons. The summed E-state index contributed by atoms with van der Waals surface area (Å²) in [5, 5.41) is 0. The molecule has 0 N–H and O–H groups in total. The maximum Gasteiger partial charge on any atom is 0.136 e. The molecule has 0 spiro atoms. The van der Waals surface area contributed by atoms with Gasteiger partial charge in [0.2, 0.25) is 0 Å². The monoisotopic (exact) mass is 154 g/mol. The summed E-state index contributed by atoms with van der Waals surface area (Å²) in [7, 11) is 0. The summed E-state index contributed by atoms with van der Waals surface area (Å²) in [5.41, 5.74) is 0. The van der Waals surface area contributed by atoms with Gasteiger partial charge in [-0.1, -0.05) is 26.8 Å². The highest BCUT2D eigenvalue weighted by Crippen LogP contribution is 2.13. The molecule has 11 heavy (non-hydrogen) atoms. The van der Waals surface area contributed by atoms with Gasteiger partial charge in [0, 0.05) is 12.3 Å². The second-order valence-corrected chi connectivity index (χ2v) is 3.33. The lowest BCUT2D eigenvalue weighted by Crippen LogP contribution is -2.16. The first-order valence-corrected chi connectivity index (χ1v) is 4.23. The van der Waals surface area contributed by atoms with E-state index < -0.39 is 0 Å². The first-order chi connectivity index (χ1) is 5.09. The number of Topliss-reactive ketones (excluding diaryl/α,β-unsaturated/α-hetero) is 1. The van der Waals surface area contributed by atoms with Crippen molar-refractivity contribution in [3.05, 3.63) is 12.7 Å². The molecule has 1 nitrogen and oxygen atoms in total. The van der Waals surface area contributed by atoms with Crippen molar-refractivity contribution in [1.82, 2.24) is 0 Å². The number of hydrogen-bond acceptors (Lipinski definition) is 1. The Morgan fingerprint density at radius 2 is 2.00 bits per heavy atom. The molecule has 0 saturated carbocycles. The van der Waals surface area contributed by atoms with Crippen LogP contribution in [0, 0.1) is 11.8 Å². The molecule has 0 bridgehead atoms. The molecule has 0 aliphatic carbocycles. The van der Waals surface area contributed by atoms with E-state index in [2.05, 4.69) is 20.4 Å². The lowest BCUT2D eigenvalue weighted by molar-refractivity contribution is -0.123. The normalized spacial score (nSPS) is 13.1. The average molecular weight is 154 g/mol. The SMILES string of the molecule is C=CCCC(=O)C(C)C(C)C. The van der Waals surface area contributed by atoms with Gasteiger partial charge in [0.05, 0.1) is 0 Å². The summed E-state index contributed by atoms with van der Waals surface area (Å²) in [4.78, 5) is 11.3. The van der Waals surface area contributed by atoms with Crippen molar-refractivity contribution >= 4 is 5.78 Å². The maximum absolute atomic E-state index is 11.3. The average Bonchev–Trinajstić information content (AvgIpc) is 1.98. The van der Waals surface area contributed by atoms with Gasteiger partial charge < -0.3 is 0 Å². The third kappa shape index (κ3) is 3.97. The van der Waals surface area contributed by atoms with Crippen LogP contribution in [0.3, 0.4) is 0 Å². The van der Waals surface area contributed by atoms with Crippen molar-refractivity contribution in [2.45, 2.75) is 33.6 Å². The van der Waals surface area contributed by atoms with Gasteiger partial charge in [-0.15, -0.1) is 6.58 Å². The molecule has 1 heteroatoms. The fourth-order valence-corrected chi connectivity index (χ4v) is 0.844. The van der Waals surface area contributed by atoms with E-state index in [4.69, 9.17) is 0 Å². The fourth-order valence-electron chi connectivity index (χ4n) is 0.844. The molecule has 0 aliphatic rings. The topological polar surface area (TPSA) is 17.1 Å². The second-order valence-electron chi connectivity index (χ2n) is 3.33. The number of hydrogen-bond donors (Lipinski definition) is 0. The highest BCUT2D eigenvalue weighted by Gasteiger charge is 2.14. The largest absolute Gasteiger partial charge is 0.299 e.